The van der Waals surface area contributed by atoms with Crippen LogP contribution in [-0.4, -0.2) is 27.8 Å². The van der Waals surface area contributed by atoms with E-state index in [0.29, 0.717) is 12.8 Å². The summed E-state index contributed by atoms with van der Waals surface area (Å²) in [4.78, 5) is 11.4. The first-order valence-electron chi connectivity index (χ1n) is 7.67. The van der Waals surface area contributed by atoms with E-state index < -0.39 is 23.5 Å². The number of nitrogens with two attached hydrogens (primary N) is 1. The average Bonchev–Trinajstić information content (AvgIpc) is 2.34. The van der Waals surface area contributed by atoms with Crippen LogP contribution in [0, 0.1) is 5.92 Å². The number of carboxylic acid groups (broad SMARTS) is 1. The van der Waals surface area contributed by atoms with Crippen molar-refractivity contribution in [2.24, 2.45) is 11.7 Å². The second-order valence-corrected chi connectivity index (χ2v) is 6.12. The maximum atomic E-state index is 11.4. The van der Waals surface area contributed by atoms with E-state index in [0.717, 1.165) is 25.7 Å². The third-order valence-electron chi connectivity index (χ3n) is 4.40. The highest BCUT2D eigenvalue weighted by Crippen LogP contribution is 2.31. The zero-order chi connectivity index (χ0) is 14.3. The Bertz CT molecular complexity index is 267. The van der Waals surface area contributed by atoms with Gasteiger partial charge in [0, 0.05) is 5.54 Å². The van der Waals surface area contributed by atoms with E-state index in [2.05, 4.69) is 0 Å². The fourth-order valence-corrected chi connectivity index (χ4v) is 3.34. The van der Waals surface area contributed by atoms with Gasteiger partial charge in [0.1, 0.15) is 5.92 Å². The highest BCUT2D eigenvalue weighted by atomic mass is 16.4. The van der Waals surface area contributed by atoms with Gasteiger partial charge < -0.3 is 15.9 Å². The van der Waals surface area contributed by atoms with Crippen molar-refractivity contribution in [2.45, 2.75) is 82.8 Å². The number of carboxylic acids is 1. The summed E-state index contributed by atoms with van der Waals surface area (Å²) in [5.41, 5.74) is 5.65. The molecule has 2 unspecified atom stereocenters. The lowest BCUT2D eigenvalue weighted by molar-refractivity contribution is -0.149. The summed E-state index contributed by atoms with van der Waals surface area (Å²) in [6.07, 6.45) is 9.64. The second-order valence-electron chi connectivity index (χ2n) is 6.12. The van der Waals surface area contributed by atoms with Crippen molar-refractivity contribution in [3.05, 3.63) is 0 Å². The molecule has 1 fully saturated rings. The van der Waals surface area contributed by atoms with Crippen molar-refractivity contribution < 1.29 is 15.0 Å². The highest BCUT2D eigenvalue weighted by Gasteiger charge is 2.42. The lowest BCUT2D eigenvalue weighted by atomic mass is 9.74. The van der Waals surface area contributed by atoms with Gasteiger partial charge in [-0.3, -0.25) is 4.79 Å². The van der Waals surface area contributed by atoms with Crippen LogP contribution in [0.4, 0.5) is 0 Å². The van der Waals surface area contributed by atoms with Crippen molar-refractivity contribution in [1.82, 2.24) is 0 Å². The molecule has 0 aliphatic heterocycles. The van der Waals surface area contributed by atoms with Crippen LogP contribution in [0.3, 0.4) is 0 Å². The van der Waals surface area contributed by atoms with Crippen LogP contribution in [0.25, 0.3) is 0 Å². The topological polar surface area (TPSA) is 83.5 Å². The van der Waals surface area contributed by atoms with Crippen LogP contribution >= 0.6 is 0 Å². The summed E-state index contributed by atoms with van der Waals surface area (Å²) in [6, 6.07) is 0. The summed E-state index contributed by atoms with van der Waals surface area (Å²) in [7, 11) is 0. The van der Waals surface area contributed by atoms with Gasteiger partial charge in [-0.15, -0.1) is 0 Å². The van der Waals surface area contributed by atoms with Crippen LogP contribution in [-0.2, 0) is 4.79 Å². The number of aliphatic hydroxyl groups is 1. The molecule has 0 radical (unpaired) electrons. The monoisotopic (exact) mass is 271 g/mol. The minimum Gasteiger partial charge on any atom is -0.481 e. The zero-order valence-corrected chi connectivity index (χ0v) is 12.1. The number of aliphatic hydroxyl groups excluding tert-OH is 1. The molecule has 1 aliphatic carbocycles. The third kappa shape index (κ3) is 5.11. The molecule has 0 bridgehead atoms. The predicted molar refractivity (Wildman–Crippen MR) is 75.9 cm³/mol. The van der Waals surface area contributed by atoms with Crippen LogP contribution < -0.4 is 5.73 Å². The molecule has 0 aromatic carbocycles. The van der Waals surface area contributed by atoms with Crippen molar-refractivity contribution in [2.75, 3.05) is 0 Å². The Labute approximate surface area is 116 Å². The number of hydrogen-bond acceptors (Lipinski definition) is 3. The maximum absolute atomic E-state index is 11.4. The van der Waals surface area contributed by atoms with Gasteiger partial charge in [0.05, 0.1) is 6.10 Å². The van der Waals surface area contributed by atoms with Crippen molar-refractivity contribution in [3.63, 3.8) is 0 Å². The van der Waals surface area contributed by atoms with Gasteiger partial charge in [0.2, 0.25) is 0 Å². The Morgan fingerprint density at radius 3 is 1.68 bits per heavy atom. The normalized spacial score (nSPS) is 25.0. The Morgan fingerprint density at radius 2 is 1.37 bits per heavy atom. The number of hydrogen-bond donors (Lipinski definition) is 3. The Hall–Kier alpha value is -0.610. The fourth-order valence-electron chi connectivity index (χ4n) is 3.34. The van der Waals surface area contributed by atoms with E-state index in [-0.39, 0.29) is 0 Å². The molecule has 19 heavy (non-hydrogen) atoms. The second kappa shape index (κ2) is 7.85. The van der Waals surface area contributed by atoms with Crippen molar-refractivity contribution >= 4 is 5.97 Å². The molecular formula is C15H29NO3. The molecule has 0 heterocycles. The summed E-state index contributed by atoms with van der Waals surface area (Å²) in [5, 5.41) is 19.1. The molecule has 4 heteroatoms. The van der Waals surface area contributed by atoms with Crippen LogP contribution in [0.2, 0.25) is 0 Å². The van der Waals surface area contributed by atoms with E-state index in [9.17, 15) is 15.0 Å². The minimum atomic E-state index is -0.965. The first kappa shape index (κ1) is 16.4. The smallest absolute Gasteiger partial charge is 0.311 e. The van der Waals surface area contributed by atoms with E-state index in [1.54, 1.807) is 6.92 Å². The summed E-state index contributed by atoms with van der Waals surface area (Å²) < 4.78 is 0. The average molecular weight is 271 g/mol. The molecule has 0 spiro atoms. The van der Waals surface area contributed by atoms with Crippen molar-refractivity contribution in [3.8, 4) is 0 Å². The molecule has 0 aromatic heterocycles. The van der Waals surface area contributed by atoms with Gasteiger partial charge in [-0.2, -0.15) is 0 Å². The van der Waals surface area contributed by atoms with Crippen LogP contribution in [0.1, 0.15) is 71.1 Å². The molecule has 0 aromatic rings. The third-order valence-corrected chi connectivity index (χ3v) is 4.40. The molecule has 1 saturated carbocycles. The van der Waals surface area contributed by atoms with Gasteiger partial charge in [0.25, 0.3) is 0 Å². The maximum Gasteiger partial charge on any atom is 0.311 e. The van der Waals surface area contributed by atoms with Gasteiger partial charge in [-0.1, -0.05) is 51.4 Å². The minimum absolute atomic E-state index is 0.703. The van der Waals surface area contributed by atoms with E-state index in [4.69, 9.17) is 5.73 Å². The highest BCUT2D eigenvalue weighted by molar-refractivity contribution is 5.72. The summed E-state index contributed by atoms with van der Waals surface area (Å²) in [5.74, 6) is -1.82. The molecule has 4 nitrogen and oxygen atoms in total. The quantitative estimate of drug-likeness (QED) is 0.737. The number of carbonyl (C=O) groups is 1. The van der Waals surface area contributed by atoms with Gasteiger partial charge in [-0.25, -0.2) is 0 Å². The Kier molecular flexibility index (Phi) is 6.80. The van der Waals surface area contributed by atoms with E-state index in [1.165, 1.54) is 25.7 Å². The lowest BCUT2D eigenvalue weighted by Gasteiger charge is -2.37. The molecule has 112 valence electrons. The van der Waals surface area contributed by atoms with Gasteiger partial charge >= 0.3 is 5.97 Å². The largest absolute Gasteiger partial charge is 0.481 e. The molecule has 2 atom stereocenters. The van der Waals surface area contributed by atoms with Crippen LogP contribution in [0.15, 0.2) is 0 Å². The van der Waals surface area contributed by atoms with E-state index in [1.807, 2.05) is 0 Å². The van der Waals surface area contributed by atoms with Crippen molar-refractivity contribution in [1.29, 1.82) is 0 Å². The molecular weight excluding hydrogens is 242 g/mol. The van der Waals surface area contributed by atoms with E-state index >= 15 is 0 Å². The molecule has 1 aliphatic rings. The molecule has 1 rings (SSSR count). The predicted octanol–water partition coefficient (Wildman–Crippen LogP) is 2.68. The summed E-state index contributed by atoms with van der Waals surface area (Å²) >= 11 is 0. The van der Waals surface area contributed by atoms with Gasteiger partial charge in [0.15, 0.2) is 0 Å². The first-order chi connectivity index (χ1) is 8.97. The molecule has 0 amide bonds. The Morgan fingerprint density at radius 1 is 1.00 bits per heavy atom. The van der Waals surface area contributed by atoms with Gasteiger partial charge in [-0.05, 0) is 19.8 Å². The lowest BCUT2D eigenvalue weighted by Crippen LogP contribution is -2.54. The first-order valence-corrected chi connectivity index (χ1v) is 7.67. The zero-order valence-electron chi connectivity index (χ0n) is 12.1. The summed E-state index contributed by atoms with van der Waals surface area (Å²) in [6.45, 7) is 1.54. The number of aliphatic carboxylic acids is 1. The standard InChI is InChI=1S/C15H29NO3/c1-12(17)13(14(18)19)15(16)10-8-6-4-2-3-5-7-9-11-15/h12-13,17H,2-11,16H2,1H3,(H,18,19). The van der Waals surface area contributed by atoms with Crippen LogP contribution in [0.5, 0.6) is 0 Å². The number of rotatable bonds is 3. The SMILES string of the molecule is CC(O)C(C(=O)O)C1(N)CCCCCCCCCC1. The molecule has 4 N–H and O–H groups in total. The fraction of sp³-hybridized carbons (Fsp3) is 0.933. The molecule has 0 saturated heterocycles. The Balaban J connectivity index is 2.77.